The average Bonchev–Trinajstić information content (AvgIpc) is 3.18. The second-order valence-electron chi connectivity index (χ2n) is 6.52. The predicted octanol–water partition coefficient (Wildman–Crippen LogP) is 3.96. The normalized spacial score (nSPS) is 12.6. The molecule has 0 bridgehead atoms. The van der Waals surface area contributed by atoms with Crippen LogP contribution in [-0.2, 0) is 17.6 Å². The van der Waals surface area contributed by atoms with Crippen molar-refractivity contribution in [2.24, 2.45) is 0 Å². The van der Waals surface area contributed by atoms with E-state index in [4.69, 9.17) is 25.5 Å². The highest BCUT2D eigenvalue weighted by molar-refractivity contribution is 6.32. The third-order valence-electron chi connectivity index (χ3n) is 4.77. The first kappa shape index (κ1) is 18.4. The highest BCUT2D eigenvalue weighted by Crippen LogP contribution is 2.34. The number of amides is 1. The molecule has 0 radical (unpaired) electrons. The molecule has 6 nitrogen and oxygen atoms in total. The molecule has 1 aliphatic carbocycles. The molecule has 0 fully saturated rings. The van der Waals surface area contributed by atoms with Crippen molar-refractivity contribution in [1.82, 2.24) is 0 Å². The second-order valence-corrected chi connectivity index (χ2v) is 6.92. The van der Waals surface area contributed by atoms with E-state index in [1.807, 2.05) is 6.07 Å². The van der Waals surface area contributed by atoms with Gasteiger partial charge < -0.3 is 19.2 Å². The Morgan fingerprint density at radius 1 is 1.18 bits per heavy atom. The topological polar surface area (TPSA) is 77.8 Å². The Labute approximate surface area is 166 Å². The van der Waals surface area contributed by atoms with Crippen molar-refractivity contribution in [3.63, 3.8) is 0 Å². The van der Waals surface area contributed by atoms with E-state index in [0.717, 1.165) is 35.8 Å². The lowest BCUT2D eigenvalue weighted by Crippen LogP contribution is -2.20. The van der Waals surface area contributed by atoms with Gasteiger partial charge in [0, 0.05) is 17.0 Å². The number of aryl methyl sites for hydroxylation is 1. The van der Waals surface area contributed by atoms with E-state index in [1.54, 1.807) is 30.3 Å². The van der Waals surface area contributed by atoms with Crippen LogP contribution in [0.1, 0.15) is 17.5 Å². The molecule has 0 saturated heterocycles. The lowest BCUT2D eigenvalue weighted by atomic mass is 10.1. The van der Waals surface area contributed by atoms with Crippen LogP contribution < -0.4 is 20.4 Å². The van der Waals surface area contributed by atoms with Gasteiger partial charge in [0.05, 0.1) is 17.8 Å². The Hall–Kier alpha value is -2.99. The number of rotatable bonds is 5. The second kappa shape index (κ2) is 7.56. The van der Waals surface area contributed by atoms with Crippen molar-refractivity contribution in [3.8, 4) is 11.5 Å². The SMILES string of the molecule is COc1ccccc1NC(=O)COc1cc2oc(=O)c3c(c2cc1Cl)CCC3. The van der Waals surface area contributed by atoms with Gasteiger partial charge in [0.2, 0.25) is 0 Å². The van der Waals surface area contributed by atoms with E-state index in [2.05, 4.69) is 5.32 Å². The summed E-state index contributed by atoms with van der Waals surface area (Å²) in [4.78, 5) is 24.4. The molecule has 28 heavy (non-hydrogen) atoms. The third kappa shape index (κ3) is 3.43. The molecule has 0 aliphatic heterocycles. The number of fused-ring (bicyclic) bond motifs is 3. The van der Waals surface area contributed by atoms with Gasteiger partial charge >= 0.3 is 5.63 Å². The van der Waals surface area contributed by atoms with Gasteiger partial charge in [-0.2, -0.15) is 0 Å². The Morgan fingerprint density at radius 3 is 2.79 bits per heavy atom. The summed E-state index contributed by atoms with van der Waals surface area (Å²) in [5, 5.41) is 3.91. The number of carbonyl (C=O) groups excluding carboxylic acids is 1. The van der Waals surface area contributed by atoms with Crippen molar-refractivity contribution in [3.05, 3.63) is 63.0 Å². The van der Waals surface area contributed by atoms with E-state index in [-0.39, 0.29) is 23.9 Å². The average molecular weight is 400 g/mol. The van der Waals surface area contributed by atoms with E-state index in [1.165, 1.54) is 7.11 Å². The van der Waals surface area contributed by atoms with Gasteiger partial charge in [0.15, 0.2) is 6.61 Å². The largest absolute Gasteiger partial charge is 0.495 e. The fraction of sp³-hybridized carbons (Fsp3) is 0.238. The maximum absolute atomic E-state index is 12.2. The van der Waals surface area contributed by atoms with Crippen LogP contribution in [0.4, 0.5) is 5.69 Å². The van der Waals surface area contributed by atoms with Crippen LogP contribution in [0.15, 0.2) is 45.6 Å². The summed E-state index contributed by atoms with van der Waals surface area (Å²) in [7, 11) is 1.53. The molecule has 0 saturated carbocycles. The number of methoxy groups -OCH3 is 1. The first-order valence-electron chi connectivity index (χ1n) is 8.90. The Balaban J connectivity index is 1.53. The number of hydrogen-bond acceptors (Lipinski definition) is 5. The molecule has 1 aliphatic rings. The summed E-state index contributed by atoms with van der Waals surface area (Å²) in [6.07, 6.45) is 2.49. The number of ether oxygens (including phenoxy) is 2. The summed E-state index contributed by atoms with van der Waals surface area (Å²) in [5.41, 5.74) is 2.36. The van der Waals surface area contributed by atoms with E-state index in [0.29, 0.717) is 22.0 Å². The molecule has 1 aromatic heterocycles. The van der Waals surface area contributed by atoms with Crippen LogP contribution in [0, 0.1) is 0 Å². The minimum absolute atomic E-state index is 0.252. The number of nitrogens with one attached hydrogen (secondary N) is 1. The molecule has 0 spiro atoms. The number of benzene rings is 2. The zero-order chi connectivity index (χ0) is 19.7. The minimum atomic E-state index is -0.365. The van der Waals surface area contributed by atoms with Gasteiger partial charge in [-0.05, 0) is 43.0 Å². The van der Waals surface area contributed by atoms with Crippen LogP contribution in [0.3, 0.4) is 0 Å². The lowest BCUT2D eigenvalue weighted by Gasteiger charge is -2.12. The molecule has 1 N–H and O–H groups in total. The molecular formula is C21H18ClNO5. The van der Waals surface area contributed by atoms with Gasteiger partial charge in [-0.15, -0.1) is 0 Å². The summed E-state index contributed by atoms with van der Waals surface area (Å²) in [6.45, 7) is -0.252. The number of halogens is 1. The number of anilines is 1. The Morgan fingerprint density at radius 2 is 1.96 bits per heavy atom. The lowest BCUT2D eigenvalue weighted by molar-refractivity contribution is -0.118. The molecule has 0 unspecified atom stereocenters. The molecule has 1 heterocycles. The van der Waals surface area contributed by atoms with Gasteiger partial charge in [-0.1, -0.05) is 23.7 Å². The zero-order valence-corrected chi connectivity index (χ0v) is 16.0. The zero-order valence-electron chi connectivity index (χ0n) is 15.2. The number of carbonyl (C=O) groups is 1. The van der Waals surface area contributed by atoms with E-state index < -0.39 is 0 Å². The maximum Gasteiger partial charge on any atom is 0.339 e. The molecule has 0 atom stereocenters. The molecule has 2 aromatic carbocycles. The molecule has 3 aromatic rings. The van der Waals surface area contributed by atoms with Crippen LogP contribution >= 0.6 is 11.6 Å². The monoisotopic (exact) mass is 399 g/mol. The fourth-order valence-electron chi connectivity index (χ4n) is 3.47. The quantitative estimate of drug-likeness (QED) is 0.657. The highest BCUT2D eigenvalue weighted by Gasteiger charge is 2.21. The fourth-order valence-corrected chi connectivity index (χ4v) is 3.69. The first-order chi connectivity index (χ1) is 13.6. The van der Waals surface area contributed by atoms with Gasteiger partial charge in [-0.3, -0.25) is 4.79 Å². The molecule has 4 rings (SSSR count). The van der Waals surface area contributed by atoms with Crippen LogP contribution in [0.2, 0.25) is 5.02 Å². The van der Waals surface area contributed by atoms with E-state index >= 15 is 0 Å². The van der Waals surface area contributed by atoms with Crippen LogP contribution in [0.5, 0.6) is 11.5 Å². The number of para-hydroxylation sites is 2. The van der Waals surface area contributed by atoms with Gasteiger partial charge in [0.25, 0.3) is 5.91 Å². The predicted molar refractivity (Wildman–Crippen MR) is 107 cm³/mol. The van der Waals surface area contributed by atoms with Crippen LogP contribution in [0.25, 0.3) is 11.0 Å². The molecular weight excluding hydrogens is 382 g/mol. The number of hydrogen-bond donors (Lipinski definition) is 1. The standard InChI is InChI=1S/C21H18ClNO5/c1-26-17-8-3-2-7-16(17)23-20(24)11-27-19-10-18-14(9-15(19)22)12-5-4-6-13(12)21(25)28-18/h2-3,7-10H,4-6,11H2,1H3,(H,23,24). The summed E-state index contributed by atoms with van der Waals surface area (Å²) in [6, 6.07) is 10.4. The van der Waals surface area contributed by atoms with Crippen LogP contribution in [-0.4, -0.2) is 19.6 Å². The smallest absolute Gasteiger partial charge is 0.339 e. The van der Waals surface area contributed by atoms with Crippen molar-refractivity contribution in [2.45, 2.75) is 19.3 Å². The van der Waals surface area contributed by atoms with Gasteiger partial charge in [0.1, 0.15) is 17.1 Å². The molecule has 144 valence electrons. The summed E-state index contributed by atoms with van der Waals surface area (Å²) in [5.74, 6) is 0.469. The Kier molecular flexibility index (Phi) is 4.96. The summed E-state index contributed by atoms with van der Waals surface area (Å²) < 4.78 is 16.2. The van der Waals surface area contributed by atoms with Crippen molar-refractivity contribution in [1.29, 1.82) is 0 Å². The maximum atomic E-state index is 12.2. The van der Waals surface area contributed by atoms with Crippen molar-refractivity contribution < 1.29 is 18.7 Å². The highest BCUT2D eigenvalue weighted by atomic mass is 35.5. The van der Waals surface area contributed by atoms with Gasteiger partial charge in [-0.25, -0.2) is 4.79 Å². The van der Waals surface area contributed by atoms with Crippen molar-refractivity contribution >= 4 is 34.2 Å². The summed E-state index contributed by atoms with van der Waals surface area (Å²) >= 11 is 6.34. The molecule has 7 heteroatoms. The third-order valence-corrected chi connectivity index (χ3v) is 5.06. The minimum Gasteiger partial charge on any atom is -0.495 e. The first-order valence-corrected chi connectivity index (χ1v) is 9.28. The van der Waals surface area contributed by atoms with Crippen molar-refractivity contribution in [2.75, 3.05) is 19.0 Å². The van der Waals surface area contributed by atoms with E-state index in [9.17, 15) is 9.59 Å². The molecule has 1 amide bonds. The Bertz CT molecular complexity index is 1120.